The van der Waals surface area contributed by atoms with E-state index in [1.165, 1.54) is 7.11 Å². The summed E-state index contributed by atoms with van der Waals surface area (Å²) in [6.45, 7) is 4.07. The molecule has 1 rings (SSSR count). The van der Waals surface area contributed by atoms with Gasteiger partial charge in [0.25, 0.3) is 0 Å². The Hall–Kier alpha value is -2.08. The molecule has 2 N–H and O–H groups in total. The van der Waals surface area contributed by atoms with Crippen LogP contribution in [0.25, 0.3) is 0 Å². The van der Waals surface area contributed by atoms with Crippen LogP contribution in [-0.2, 0) is 14.3 Å². The average Bonchev–Trinajstić information content (AvgIpc) is 2.44. The number of anilines is 1. The number of rotatable bonds is 7. The van der Waals surface area contributed by atoms with Crippen molar-refractivity contribution in [3.05, 3.63) is 24.3 Å². The van der Waals surface area contributed by atoms with Gasteiger partial charge in [-0.3, -0.25) is 4.79 Å². The van der Waals surface area contributed by atoms with Crippen molar-refractivity contribution in [3.63, 3.8) is 0 Å². The molecular weight excluding hydrogens is 260 g/mol. The summed E-state index contributed by atoms with van der Waals surface area (Å²) in [6.07, 6.45) is 0. The van der Waals surface area contributed by atoms with Gasteiger partial charge in [0.2, 0.25) is 5.91 Å². The van der Waals surface area contributed by atoms with Crippen LogP contribution in [0.3, 0.4) is 0 Å². The third-order valence-electron chi connectivity index (χ3n) is 2.39. The molecule has 0 radical (unpaired) electrons. The Morgan fingerprint density at radius 1 is 1.20 bits per heavy atom. The van der Waals surface area contributed by atoms with Gasteiger partial charge in [0.15, 0.2) is 6.61 Å². The van der Waals surface area contributed by atoms with Gasteiger partial charge in [-0.05, 0) is 24.3 Å². The number of hydrogen-bond donors (Lipinski definition) is 2. The number of esters is 1. The van der Waals surface area contributed by atoms with Crippen LogP contribution in [0.15, 0.2) is 24.3 Å². The molecule has 0 saturated heterocycles. The first-order chi connectivity index (χ1) is 9.51. The second kappa shape index (κ2) is 8.16. The Labute approximate surface area is 118 Å². The van der Waals surface area contributed by atoms with Crippen molar-refractivity contribution < 1.29 is 19.1 Å². The third-order valence-corrected chi connectivity index (χ3v) is 2.39. The Bertz CT molecular complexity index is 443. The predicted molar refractivity (Wildman–Crippen MR) is 75.7 cm³/mol. The van der Waals surface area contributed by atoms with Crippen LogP contribution in [-0.4, -0.2) is 38.2 Å². The summed E-state index contributed by atoms with van der Waals surface area (Å²) in [7, 11) is 1.30. The summed E-state index contributed by atoms with van der Waals surface area (Å²) in [5.74, 6) is -0.0160. The van der Waals surface area contributed by atoms with E-state index in [4.69, 9.17) is 4.74 Å². The van der Waals surface area contributed by atoms with Crippen molar-refractivity contribution in [2.75, 3.05) is 25.6 Å². The van der Waals surface area contributed by atoms with E-state index < -0.39 is 5.97 Å². The summed E-state index contributed by atoms with van der Waals surface area (Å²) >= 11 is 0. The average molecular weight is 280 g/mol. The van der Waals surface area contributed by atoms with Crippen molar-refractivity contribution >= 4 is 17.6 Å². The van der Waals surface area contributed by atoms with Gasteiger partial charge in [-0.25, -0.2) is 4.79 Å². The molecule has 6 heteroatoms. The van der Waals surface area contributed by atoms with Gasteiger partial charge in [-0.1, -0.05) is 13.8 Å². The van der Waals surface area contributed by atoms with Gasteiger partial charge >= 0.3 is 5.97 Å². The lowest BCUT2D eigenvalue weighted by Crippen LogP contribution is -2.32. The van der Waals surface area contributed by atoms with Crippen molar-refractivity contribution in [1.82, 2.24) is 5.32 Å². The fourth-order valence-electron chi connectivity index (χ4n) is 1.34. The Morgan fingerprint density at radius 3 is 2.40 bits per heavy atom. The van der Waals surface area contributed by atoms with Crippen molar-refractivity contribution in [2.45, 2.75) is 19.9 Å². The lowest BCUT2D eigenvalue weighted by atomic mass is 10.3. The lowest BCUT2D eigenvalue weighted by Gasteiger charge is -2.09. The fraction of sp³-hybridized carbons (Fsp3) is 0.429. The predicted octanol–water partition coefficient (Wildman–Crippen LogP) is 1.17. The minimum atomic E-state index is -0.442. The Kier molecular flexibility index (Phi) is 6.52. The first-order valence-electron chi connectivity index (χ1n) is 6.34. The van der Waals surface area contributed by atoms with Crippen LogP contribution in [0.5, 0.6) is 5.75 Å². The number of carbonyl (C=O) groups excluding carboxylic acids is 2. The van der Waals surface area contributed by atoms with E-state index in [-0.39, 0.29) is 25.1 Å². The molecule has 1 aromatic carbocycles. The molecule has 0 unspecified atom stereocenters. The first kappa shape index (κ1) is 16.0. The minimum absolute atomic E-state index is 0.109. The molecule has 0 saturated carbocycles. The molecule has 0 bridgehead atoms. The molecule has 6 nitrogen and oxygen atoms in total. The van der Waals surface area contributed by atoms with Crippen LogP contribution < -0.4 is 15.4 Å². The topological polar surface area (TPSA) is 76.7 Å². The van der Waals surface area contributed by atoms with E-state index in [9.17, 15) is 9.59 Å². The Morgan fingerprint density at radius 2 is 1.85 bits per heavy atom. The molecule has 0 heterocycles. The maximum atomic E-state index is 11.6. The molecule has 0 aliphatic carbocycles. The monoisotopic (exact) mass is 280 g/mol. The molecule has 0 aliphatic heterocycles. The second-order valence-corrected chi connectivity index (χ2v) is 4.47. The quantitative estimate of drug-likeness (QED) is 0.733. The largest absolute Gasteiger partial charge is 0.482 e. The highest BCUT2D eigenvalue weighted by molar-refractivity contribution is 5.92. The number of benzene rings is 1. The van der Waals surface area contributed by atoms with Crippen molar-refractivity contribution in [2.24, 2.45) is 0 Å². The van der Waals surface area contributed by atoms with Gasteiger partial charge in [0, 0.05) is 11.7 Å². The summed E-state index contributed by atoms with van der Waals surface area (Å²) in [6, 6.07) is 7.03. The first-order valence-corrected chi connectivity index (χ1v) is 6.34. The number of methoxy groups -OCH3 is 1. The summed E-state index contributed by atoms with van der Waals surface area (Å²) in [5, 5.41) is 5.78. The molecule has 20 heavy (non-hydrogen) atoms. The second-order valence-electron chi connectivity index (χ2n) is 4.47. The highest BCUT2D eigenvalue weighted by Crippen LogP contribution is 2.15. The normalized spacial score (nSPS) is 10.2. The number of ether oxygens (including phenoxy) is 2. The number of nitrogens with one attached hydrogen (secondary N) is 2. The molecule has 110 valence electrons. The highest BCUT2D eigenvalue weighted by Gasteiger charge is 2.04. The molecule has 1 amide bonds. The summed E-state index contributed by atoms with van der Waals surface area (Å²) < 4.78 is 9.66. The SMILES string of the molecule is COC(=O)COc1ccc(NC(=O)CNC(C)C)cc1. The minimum Gasteiger partial charge on any atom is -0.482 e. The maximum absolute atomic E-state index is 11.6. The number of carbonyl (C=O) groups is 2. The molecule has 0 spiro atoms. The lowest BCUT2D eigenvalue weighted by molar-refractivity contribution is -0.142. The smallest absolute Gasteiger partial charge is 0.343 e. The third kappa shape index (κ3) is 6.19. The molecule has 0 aliphatic rings. The molecule has 1 aromatic rings. The zero-order chi connectivity index (χ0) is 15.0. The van der Waals surface area contributed by atoms with Gasteiger partial charge in [-0.15, -0.1) is 0 Å². The standard InChI is InChI=1S/C14H20N2O4/c1-10(2)15-8-13(17)16-11-4-6-12(7-5-11)20-9-14(18)19-3/h4-7,10,15H,8-9H2,1-3H3,(H,16,17). The zero-order valence-corrected chi connectivity index (χ0v) is 11.9. The van der Waals surface area contributed by atoms with E-state index in [1.54, 1.807) is 24.3 Å². The molecule has 0 aromatic heterocycles. The zero-order valence-electron chi connectivity index (χ0n) is 11.9. The molecular formula is C14H20N2O4. The van der Waals surface area contributed by atoms with Gasteiger partial charge in [-0.2, -0.15) is 0 Å². The van der Waals surface area contributed by atoms with Crippen LogP contribution in [0.2, 0.25) is 0 Å². The summed E-state index contributed by atoms with van der Waals surface area (Å²) in [5.41, 5.74) is 0.672. The van der Waals surface area contributed by atoms with E-state index in [1.807, 2.05) is 13.8 Å². The highest BCUT2D eigenvalue weighted by atomic mass is 16.6. The van der Waals surface area contributed by atoms with Crippen LogP contribution in [0, 0.1) is 0 Å². The Balaban J connectivity index is 2.42. The van der Waals surface area contributed by atoms with Crippen LogP contribution >= 0.6 is 0 Å². The van der Waals surface area contributed by atoms with Crippen molar-refractivity contribution in [3.8, 4) is 5.75 Å². The molecule has 0 fully saturated rings. The van der Waals surface area contributed by atoms with Gasteiger partial charge in [0.1, 0.15) is 5.75 Å². The van der Waals surface area contributed by atoms with Gasteiger partial charge in [0.05, 0.1) is 13.7 Å². The van der Waals surface area contributed by atoms with E-state index in [0.29, 0.717) is 11.4 Å². The van der Waals surface area contributed by atoms with E-state index >= 15 is 0 Å². The molecule has 0 atom stereocenters. The van der Waals surface area contributed by atoms with Crippen LogP contribution in [0.4, 0.5) is 5.69 Å². The van der Waals surface area contributed by atoms with Crippen LogP contribution in [0.1, 0.15) is 13.8 Å². The maximum Gasteiger partial charge on any atom is 0.343 e. The van der Waals surface area contributed by atoms with Crippen molar-refractivity contribution in [1.29, 1.82) is 0 Å². The summed E-state index contributed by atoms with van der Waals surface area (Å²) in [4.78, 5) is 22.5. The van der Waals surface area contributed by atoms with E-state index in [2.05, 4.69) is 15.4 Å². The fourth-order valence-corrected chi connectivity index (χ4v) is 1.34. The number of hydrogen-bond acceptors (Lipinski definition) is 5. The van der Waals surface area contributed by atoms with E-state index in [0.717, 1.165) is 0 Å². The van der Waals surface area contributed by atoms with Gasteiger partial charge < -0.3 is 20.1 Å². The number of amides is 1.